The third kappa shape index (κ3) is 1.27. The van der Waals surface area contributed by atoms with Gasteiger partial charge in [0.1, 0.15) is 11.3 Å². The Labute approximate surface area is 79.5 Å². The smallest absolute Gasteiger partial charge is 0.134 e. The molecule has 0 bridgehead atoms. The van der Waals surface area contributed by atoms with Gasteiger partial charge in [-0.3, -0.25) is 0 Å². The minimum atomic E-state index is 0.282. The summed E-state index contributed by atoms with van der Waals surface area (Å²) in [5.74, 6) is 0.983. The van der Waals surface area contributed by atoms with Gasteiger partial charge in [0.25, 0.3) is 0 Å². The average molecular weight is 225 g/mol. The first-order chi connectivity index (χ1) is 5.77. The molecule has 0 saturated heterocycles. The maximum Gasteiger partial charge on any atom is 0.134 e. The molecule has 2 aromatic rings. The van der Waals surface area contributed by atoms with Gasteiger partial charge in [-0.2, -0.15) is 0 Å². The summed E-state index contributed by atoms with van der Waals surface area (Å²) in [6.45, 7) is 2.05. The van der Waals surface area contributed by atoms with Crippen molar-refractivity contribution in [1.82, 2.24) is 0 Å². The zero-order valence-corrected chi connectivity index (χ0v) is 8.34. The second-order valence-corrected chi connectivity index (χ2v) is 4.18. The largest absolute Gasteiger partial charge is 0.460 e. The molecule has 0 aliphatic rings. The van der Waals surface area contributed by atoms with Gasteiger partial charge in [0.05, 0.1) is 4.83 Å². The predicted molar refractivity (Wildman–Crippen MR) is 53.6 cm³/mol. The topological polar surface area (TPSA) is 13.1 Å². The summed E-state index contributed by atoms with van der Waals surface area (Å²) >= 11 is 3.47. The number of para-hydroxylation sites is 1. The highest BCUT2D eigenvalue weighted by molar-refractivity contribution is 9.09. The number of furan rings is 1. The van der Waals surface area contributed by atoms with Crippen LogP contribution in [0.15, 0.2) is 34.7 Å². The van der Waals surface area contributed by atoms with Crippen molar-refractivity contribution in [2.24, 2.45) is 0 Å². The zero-order chi connectivity index (χ0) is 8.55. The summed E-state index contributed by atoms with van der Waals surface area (Å²) in [6, 6.07) is 10.1. The van der Waals surface area contributed by atoms with Gasteiger partial charge in [0.15, 0.2) is 0 Å². The van der Waals surface area contributed by atoms with Gasteiger partial charge >= 0.3 is 0 Å². The second kappa shape index (κ2) is 2.94. The van der Waals surface area contributed by atoms with Crippen molar-refractivity contribution in [3.8, 4) is 0 Å². The molecule has 0 N–H and O–H groups in total. The maximum atomic E-state index is 5.58. The van der Waals surface area contributed by atoms with E-state index < -0.39 is 0 Å². The van der Waals surface area contributed by atoms with E-state index in [4.69, 9.17) is 4.42 Å². The van der Waals surface area contributed by atoms with Crippen molar-refractivity contribution >= 4 is 26.9 Å². The number of benzene rings is 1. The molecule has 1 aromatic carbocycles. The van der Waals surface area contributed by atoms with Crippen molar-refractivity contribution < 1.29 is 4.42 Å². The summed E-state index contributed by atoms with van der Waals surface area (Å²) in [5.41, 5.74) is 0.957. The minimum absolute atomic E-state index is 0.282. The Morgan fingerprint density at radius 3 is 2.75 bits per heavy atom. The Balaban J connectivity index is 2.62. The normalized spacial score (nSPS) is 13.5. The lowest BCUT2D eigenvalue weighted by atomic mass is 10.2. The van der Waals surface area contributed by atoms with E-state index in [-0.39, 0.29) is 4.83 Å². The summed E-state index contributed by atoms with van der Waals surface area (Å²) in [5, 5.41) is 1.17. The molecule has 0 aliphatic heterocycles. The molecule has 0 fully saturated rings. The Hall–Kier alpha value is -0.760. The molecule has 1 unspecified atom stereocenters. The number of rotatable bonds is 1. The first kappa shape index (κ1) is 7.87. The quantitative estimate of drug-likeness (QED) is 0.671. The van der Waals surface area contributed by atoms with Gasteiger partial charge in [0, 0.05) is 5.39 Å². The van der Waals surface area contributed by atoms with Crippen LogP contribution < -0.4 is 0 Å². The maximum absolute atomic E-state index is 5.58. The van der Waals surface area contributed by atoms with Crippen LogP contribution in [-0.2, 0) is 0 Å². The van der Waals surface area contributed by atoms with Gasteiger partial charge in [0.2, 0.25) is 0 Å². The van der Waals surface area contributed by atoms with Gasteiger partial charge < -0.3 is 4.42 Å². The Kier molecular flexibility index (Phi) is 1.93. The molecule has 1 heterocycles. The number of alkyl halides is 1. The number of hydrogen-bond donors (Lipinski definition) is 0. The standard InChI is InChI=1S/C10H9BrO/c1-7(11)10-6-8-4-2-3-5-9(8)12-10/h2-7H,1H3. The van der Waals surface area contributed by atoms with E-state index in [1.165, 1.54) is 5.39 Å². The SMILES string of the molecule is CC(Br)c1cc2ccccc2o1. The first-order valence-electron chi connectivity index (χ1n) is 3.90. The van der Waals surface area contributed by atoms with E-state index in [1.807, 2.05) is 18.2 Å². The molecule has 0 amide bonds. The fourth-order valence-electron chi connectivity index (χ4n) is 1.20. The van der Waals surface area contributed by atoms with E-state index in [1.54, 1.807) is 0 Å². The lowest BCUT2D eigenvalue weighted by Gasteiger charge is -1.93. The number of halogens is 1. The van der Waals surface area contributed by atoms with Crippen molar-refractivity contribution in [1.29, 1.82) is 0 Å². The Morgan fingerprint density at radius 1 is 1.33 bits per heavy atom. The van der Waals surface area contributed by atoms with Gasteiger partial charge in [-0.25, -0.2) is 0 Å². The van der Waals surface area contributed by atoms with E-state index in [0.717, 1.165) is 11.3 Å². The third-order valence-electron chi connectivity index (χ3n) is 1.84. The number of fused-ring (bicyclic) bond motifs is 1. The number of hydrogen-bond acceptors (Lipinski definition) is 1. The first-order valence-corrected chi connectivity index (χ1v) is 4.81. The predicted octanol–water partition coefficient (Wildman–Crippen LogP) is 3.89. The molecule has 0 spiro atoms. The van der Waals surface area contributed by atoms with Crippen molar-refractivity contribution in [2.45, 2.75) is 11.8 Å². The van der Waals surface area contributed by atoms with Gasteiger partial charge in [-0.05, 0) is 19.1 Å². The van der Waals surface area contributed by atoms with Crippen LogP contribution in [0, 0.1) is 0 Å². The molecule has 62 valence electrons. The van der Waals surface area contributed by atoms with Crippen LogP contribution in [0.25, 0.3) is 11.0 Å². The van der Waals surface area contributed by atoms with Gasteiger partial charge in [-0.15, -0.1) is 0 Å². The van der Waals surface area contributed by atoms with E-state index in [9.17, 15) is 0 Å². The van der Waals surface area contributed by atoms with E-state index in [2.05, 4.69) is 35.0 Å². The lowest BCUT2D eigenvalue weighted by molar-refractivity contribution is 0.555. The summed E-state index contributed by atoms with van der Waals surface area (Å²) in [7, 11) is 0. The molecule has 2 heteroatoms. The van der Waals surface area contributed by atoms with Crippen LogP contribution in [0.3, 0.4) is 0 Å². The Morgan fingerprint density at radius 2 is 2.08 bits per heavy atom. The molecule has 0 aliphatic carbocycles. The fraction of sp³-hybridized carbons (Fsp3) is 0.200. The lowest BCUT2D eigenvalue weighted by Crippen LogP contribution is -1.74. The molecule has 0 radical (unpaired) electrons. The van der Waals surface area contributed by atoms with E-state index >= 15 is 0 Å². The Bertz CT molecular complexity index is 356. The summed E-state index contributed by atoms with van der Waals surface area (Å²) in [4.78, 5) is 0.282. The van der Waals surface area contributed by atoms with Crippen LogP contribution >= 0.6 is 15.9 Å². The highest BCUT2D eigenvalue weighted by atomic mass is 79.9. The molecule has 1 atom stereocenters. The van der Waals surface area contributed by atoms with Crippen molar-refractivity contribution in [3.05, 3.63) is 36.1 Å². The van der Waals surface area contributed by atoms with Crippen LogP contribution in [0.1, 0.15) is 17.5 Å². The molecule has 2 rings (SSSR count). The minimum Gasteiger partial charge on any atom is -0.460 e. The molecule has 1 nitrogen and oxygen atoms in total. The zero-order valence-electron chi connectivity index (χ0n) is 6.75. The highest BCUT2D eigenvalue weighted by Gasteiger charge is 2.06. The summed E-state index contributed by atoms with van der Waals surface area (Å²) in [6.07, 6.45) is 0. The third-order valence-corrected chi connectivity index (χ3v) is 2.29. The summed E-state index contributed by atoms with van der Waals surface area (Å²) < 4.78 is 5.58. The van der Waals surface area contributed by atoms with Crippen LogP contribution in [0.5, 0.6) is 0 Å². The molecular formula is C10H9BrO. The molecular weight excluding hydrogens is 216 g/mol. The van der Waals surface area contributed by atoms with Gasteiger partial charge in [-0.1, -0.05) is 34.1 Å². The van der Waals surface area contributed by atoms with Crippen LogP contribution in [-0.4, -0.2) is 0 Å². The van der Waals surface area contributed by atoms with E-state index in [0.29, 0.717) is 0 Å². The molecule has 0 saturated carbocycles. The average Bonchev–Trinajstić information content (AvgIpc) is 2.46. The van der Waals surface area contributed by atoms with Crippen LogP contribution in [0.2, 0.25) is 0 Å². The molecule has 1 aromatic heterocycles. The fourth-order valence-corrected chi connectivity index (χ4v) is 1.42. The van der Waals surface area contributed by atoms with Crippen LogP contribution in [0.4, 0.5) is 0 Å². The van der Waals surface area contributed by atoms with Crippen molar-refractivity contribution in [3.63, 3.8) is 0 Å². The molecule has 12 heavy (non-hydrogen) atoms. The highest BCUT2D eigenvalue weighted by Crippen LogP contribution is 2.27. The van der Waals surface area contributed by atoms with Crippen molar-refractivity contribution in [2.75, 3.05) is 0 Å². The monoisotopic (exact) mass is 224 g/mol. The second-order valence-electron chi connectivity index (χ2n) is 2.80.